The number of carbonyl (C=O) groups is 1. The zero-order valence-corrected chi connectivity index (χ0v) is 15.1. The van der Waals surface area contributed by atoms with Crippen molar-refractivity contribution in [3.63, 3.8) is 0 Å². The lowest BCUT2D eigenvalue weighted by atomic mass is 10.2. The van der Waals surface area contributed by atoms with Gasteiger partial charge in [0.2, 0.25) is 0 Å². The van der Waals surface area contributed by atoms with Crippen LogP contribution in [-0.2, 0) is 10.0 Å². The van der Waals surface area contributed by atoms with Crippen molar-refractivity contribution in [2.75, 3.05) is 10.0 Å². The zero-order chi connectivity index (χ0) is 18.0. The molecular weight excluding hydrogens is 362 g/mol. The topological polar surface area (TPSA) is 101 Å². The van der Waals surface area contributed by atoms with Crippen molar-refractivity contribution in [1.29, 1.82) is 0 Å². The van der Waals surface area contributed by atoms with E-state index in [1.807, 2.05) is 25.1 Å². The van der Waals surface area contributed by atoms with Crippen LogP contribution in [0.25, 0.3) is 0 Å². The molecule has 0 radical (unpaired) electrons. The van der Waals surface area contributed by atoms with Gasteiger partial charge in [-0.3, -0.25) is 9.52 Å². The molecule has 7 nitrogen and oxygen atoms in total. The maximum Gasteiger partial charge on any atom is 0.265 e. The first-order chi connectivity index (χ1) is 11.8. The Kier molecular flexibility index (Phi) is 4.60. The molecule has 0 spiro atoms. The van der Waals surface area contributed by atoms with Gasteiger partial charge in [-0.1, -0.05) is 23.4 Å². The largest absolute Gasteiger partial charge is 0.360 e. The number of carbonyl (C=O) groups excluding carboxylic acids is 1. The minimum atomic E-state index is -3.84. The molecular formula is C16H15N3O4S2. The molecule has 0 saturated carbocycles. The number of amides is 1. The smallest absolute Gasteiger partial charge is 0.265 e. The summed E-state index contributed by atoms with van der Waals surface area (Å²) in [4.78, 5) is 12.6. The molecule has 0 aliphatic heterocycles. The fraction of sp³-hybridized carbons (Fsp3) is 0.125. The van der Waals surface area contributed by atoms with Crippen LogP contribution in [-0.4, -0.2) is 19.5 Å². The highest BCUT2D eigenvalue weighted by molar-refractivity contribution is 7.92. The number of nitrogens with zero attached hydrogens (tertiary/aromatic N) is 1. The van der Waals surface area contributed by atoms with E-state index in [1.165, 1.54) is 17.5 Å². The van der Waals surface area contributed by atoms with Crippen molar-refractivity contribution >= 4 is 38.8 Å². The van der Waals surface area contributed by atoms with E-state index in [2.05, 4.69) is 15.2 Å². The Morgan fingerprint density at radius 1 is 1.20 bits per heavy atom. The van der Waals surface area contributed by atoms with E-state index in [-0.39, 0.29) is 16.6 Å². The molecule has 130 valence electrons. The van der Waals surface area contributed by atoms with Gasteiger partial charge in [0.25, 0.3) is 15.9 Å². The van der Waals surface area contributed by atoms with Gasteiger partial charge < -0.3 is 9.84 Å². The van der Waals surface area contributed by atoms with Crippen LogP contribution in [0.5, 0.6) is 0 Å². The van der Waals surface area contributed by atoms with Crippen LogP contribution < -0.4 is 10.0 Å². The molecule has 0 bridgehead atoms. The third kappa shape index (κ3) is 3.89. The zero-order valence-electron chi connectivity index (χ0n) is 13.4. The van der Waals surface area contributed by atoms with E-state index >= 15 is 0 Å². The fourth-order valence-corrected chi connectivity index (χ4v) is 4.24. The minimum absolute atomic E-state index is 0.00640. The van der Waals surface area contributed by atoms with Gasteiger partial charge >= 0.3 is 0 Å². The molecule has 0 saturated heterocycles. The monoisotopic (exact) mass is 377 g/mol. The number of rotatable bonds is 5. The summed E-state index contributed by atoms with van der Waals surface area (Å²) in [6.07, 6.45) is 0. The van der Waals surface area contributed by atoms with E-state index in [4.69, 9.17) is 4.52 Å². The number of nitrogens with one attached hydrogen (secondary N) is 2. The highest BCUT2D eigenvalue weighted by atomic mass is 32.2. The van der Waals surface area contributed by atoms with Crippen LogP contribution in [0.2, 0.25) is 0 Å². The third-order valence-electron chi connectivity index (χ3n) is 3.37. The normalized spacial score (nSPS) is 11.3. The number of hydrogen-bond donors (Lipinski definition) is 2. The summed E-state index contributed by atoms with van der Waals surface area (Å²) in [5, 5.41) is 7.77. The van der Waals surface area contributed by atoms with Gasteiger partial charge in [-0.2, -0.15) is 0 Å². The lowest BCUT2D eigenvalue weighted by Gasteiger charge is -2.06. The first kappa shape index (κ1) is 17.2. The van der Waals surface area contributed by atoms with Crippen LogP contribution in [0.3, 0.4) is 0 Å². The molecule has 0 atom stereocenters. The average molecular weight is 377 g/mol. The molecule has 2 aromatic heterocycles. The summed E-state index contributed by atoms with van der Waals surface area (Å²) in [7, 11) is -3.84. The first-order valence-electron chi connectivity index (χ1n) is 7.27. The molecule has 0 fully saturated rings. The summed E-state index contributed by atoms with van der Waals surface area (Å²) in [6.45, 7) is 3.53. The van der Waals surface area contributed by atoms with E-state index < -0.39 is 10.0 Å². The number of anilines is 2. The van der Waals surface area contributed by atoms with Crippen molar-refractivity contribution in [2.24, 2.45) is 0 Å². The third-order valence-corrected chi connectivity index (χ3v) is 5.78. The van der Waals surface area contributed by atoms with Gasteiger partial charge in [0, 0.05) is 17.1 Å². The van der Waals surface area contributed by atoms with Gasteiger partial charge in [0.15, 0.2) is 5.82 Å². The van der Waals surface area contributed by atoms with Gasteiger partial charge in [0.05, 0.1) is 9.77 Å². The number of benzene rings is 1. The van der Waals surface area contributed by atoms with Crippen LogP contribution in [0.1, 0.15) is 21.0 Å². The SMILES string of the molecule is Cc1cc(NS(=O)(=O)c2csc(C(=O)Nc3ccccc3C)c2)no1. The number of para-hydroxylation sites is 1. The maximum atomic E-state index is 12.3. The molecule has 0 aliphatic rings. The fourth-order valence-electron chi connectivity index (χ4n) is 2.09. The molecule has 1 aromatic carbocycles. The number of thiophene rings is 1. The average Bonchev–Trinajstić information content (AvgIpc) is 3.19. The lowest BCUT2D eigenvalue weighted by molar-refractivity contribution is 0.103. The highest BCUT2D eigenvalue weighted by Gasteiger charge is 2.20. The van der Waals surface area contributed by atoms with E-state index in [0.717, 1.165) is 16.9 Å². The number of aromatic nitrogens is 1. The summed E-state index contributed by atoms with van der Waals surface area (Å²) in [5.41, 5.74) is 1.60. The Morgan fingerprint density at radius 2 is 1.96 bits per heavy atom. The second-order valence-corrected chi connectivity index (χ2v) is 7.94. The summed E-state index contributed by atoms with van der Waals surface area (Å²) < 4.78 is 31.8. The molecule has 2 heterocycles. The quantitative estimate of drug-likeness (QED) is 0.709. The molecule has 2 N–H and O–H groups in total. The van der Waals surface area contributed by atoms with Crippen molar-refractivity contribution in [3.8, 4) is 0 Å². The van der Waals surface area contributed by atoms with Gasteiger partial charge in [-0.25, -0.2) is 8.42 Å². The highest BCUT2D eigenvalue weighted by Crippen LogP contribution is 2.23. The minimum Gasteiger partial charge on any atom is -0.360 e. The van der Waals surface area contributed by atoms with Gasteiger partial charge in [-0.05, 0) is 31.5 Å². The summed E-state index contributed by atoms with van der Waals surface area (Å²) in [6, 6.07) is 10.1. The number of hydrogen-bond acceptors (Lipinski definition) is 6. The van der Waals surface area contributed by atoms with E-state index in [1.54, 1.807) is 13.0 Å². The molecule has 3 rings (SSSR count). The standard InChI is InChI=1S/C16H15N3O4S2/c1-10-5-3-4-6-13(10)17-16(20)14-8-12(9-24-14)25(21,22)19-15-7-11(2)23-18-15/h3-9H,1-2H3,(H,17,20)(H,18,19). The second kappa shape index (κ2) is 6.69. The molecule has 0 aliphatic carbocycles. The van der Waals surface area contributed by atoms with Crippen LogP contribution in [0, 0.1) is 13.8 Å². The van der Waals surface area contributed by atoms with Crippen molar-refractivity contribution in [2.45, 2.75) is 18.7 Å². The Hall–Kier alpha value is -2.65. The Balaban J connectivity index is 1.77. The van der Waals surface area contributed by atoms with Crippen LogP contribution >= 0.6 is 11.3 Å². The number of aryl methyl sites for hydroxylation is 2. The lowest BCUT2D eigenvalue weighted by Crippen LogP contribution is -2.13. The maximum absolute atomic E-state index is 12.3. The van der Waals surface area contributed by atoms with E-state index in [0.29, 0.717) is 16.3 Å². The van der Waals surface area contributed by atoms with E-state index in [9.17, 15) is 13.2 Å². The number of sulfonamides is 1. The molecule has 25 heavy (non-hydrogen) atoms. The Morgan fingerprint density at radius 3 is 2.64 bits per heavy atom. The molecule has 3 aromatic rings. The summed E-state index contributed by atoms with van der Waals surface area (Å²) in [5.74, 6) is 0.217. The second-order valence-electron chi connectivity index (χ2n) is 5.34. The van der Waals surface area contributed by atoms with Gasteiger partial charge in [-0.15, -0.1) is 11.3 Å². The van der Waals surface area contributed by atoms with Gasteiger partial charge in [0.1, 0.15) is 5.76 Å². The molecule has 9 heteroatoms. The van der Waals surface area contributed by atoms with Crippen molar-refractivity contribution < 1.29 is 17.7 Å². The molecule has 0 unspecified atom stereocenters. The Bertz CT molecular complexity index is 1020. The summed E-state index contributed by atoms with van der Waals surface area (Å²) >= 11 is 1.05. The predicted octanol–water partition coefficient (Wildman–Crippen LogP) is 3.41. The van der Waals surface area contributed by atoms with Crippen LogP contribution in [0.4, 0.5) is 11.5 Å². The first-order valence-corrected chi connectivity index (χ1v) is 9.63. The Labute approximate surface area is 148 Å². The van der Waals surface area contributed by atoms with Crippen molar-refractivity contribution in [1.82, 2.24) is 5.16 Å². The molecule has 1 amide bonds. The predicted molar refractivity (Wildman–Crippen MR) is 95.5 cm³/mol. The van der Waals surface area contributed by atoms with Crippen LogP contribution in [0.15, 0.2) is 51.2 Å². The van der Waals surface area contributed by atoms with Crippen molar-refractivity contribution in [3.05, 3.63) is 58.0 Å².